The van der Waals surface area contributed by atoms with Crippen LogP contribution in [0, 0.1) is 0 Å². The Morgan fingerprint density at radius 1 is 1.35 bits per heavy atom. The fourth-order valence-corrected chi connectivity index (χ4v) is 2.74. The second-order valence-corrected chi connectivity index (χ2v) is 5.68. The van der Waals surface area contributed by atoms with Gasteiger partial charge in [-0.05, 0) is 48.7 Å². The quantitative estimate of drug-likeness (QED) is 0.873. The zero-order valence-corrected chi connectivity index (χ0v) is 13.2. The van der Waals surface area contributed by atoms with Gasteiger partial charge in [0.15, 0.2) is 0 Å². The van der Waals surface area contributed by atoms with Crippen LogP contribution in [0.3, 0.4) is 0 Å². The minimum atomic E-state index is 0.200. The lowest BCUT2D eigenvalue weighted by Gasteiger charge is -2.19. The van der Waals surface area contributed by atoms with Gasteiger partial charge in [0.1, 0.15) is 0 Å². The van der Waals surface area contributed by atoms with Crippen LogP contribution in [-0.2, 0) is 13.5 Å². The smallest absolute Gasteiger partial charge is 0.0521 e. The van der Waals surface area contributed by atoms with Crippen molar-refractivity contribution in [1.29, 1.82) is 0 Å². The van der Waals surface area contributed by atoms with Gasteiger partial charge in [-0.25, -0.2) is 0 Å². The Morgan fingerprint density at radius 2 is 2.15 bits per heavy atom. The van der Waals surface area contributed by atoms with Crippen molar-refractivity contribution in [2.75, 3.05) is 6.54 Å². The summed E-state index contributed by atoms with van der Waals surface area (Å²) in [5.41, 5.74) is 2.29. The van der Waals surface area contributed by atoms with E-state index in [9.17, 15) is 0 Å². The van der Waals surface area contributed by atoms with Gasteiger partial charge in [0.05, 0.1) is 6.20 Å². The van der Waals surface area contributed by atoms with Crippen LogP contribution in [0.25, 0.3) is 0 Å². The summed E-state index contributed by atoms with van der Waals surface area (Å²) >= 11 is 12.4. The summed E-state index contributed by atoms with van der Waals surface area (Å²) < 4.78 is 1.82. The highest BCUT2D eigenvalue weighted by molar-refractivity contribution is 6.33. The molecule has 1 atom stereocenters. The van der Waals surface area contributed by atoms with Gasteiger partial charge in [0, 0.05) is 29.3 Å². The van der Waals surface area contributed by atoms with E-state index in [2.05, 4.69) is 17.3 Å². The first-order chi connectivity index (χ1) is 9.60. The van der Waals surface area contributed by atoms with Crippen LogP contribution < -0.4 is 5.32 Å². The monoisotopic (exact) mass is 311 g/mol. The first-order valence-electron chi connectivity index (χ1n) is 6.76. The second-order valence-electron chi connectivity index (χ2n) is 4.84. The predicted molar refractivity (Wildman–Crippen MR) is 84.4 cm³/mol. The molecule has 2 rings (SSSR count). The van der Waals surface area contributed by atoms with Crippen molar-refractivity contribution in [3.05, 3.63) is 51.8 Å². The van der Waals surface area contributed by atoms with Crippen LogP contribution in [0.2, 0.25) is 10.0 Å². The lowest BCUT2D eigenvalue weighted by molar-refractivity contribution is 0.515. The van der Waals surface area contributed by atoms with Crippen LogP contribution in [0.4, 0.5) is 0 Å². The van der Waals surface area contributed by atoms with Crippen molar-refractivity contribution < 1.29 is 0 Å². The third kappa shape index (κ3) is 3.98. The molecule has 0 spiro atoms. The summed E-state index contributed by atoms with van der Waals surface area (Å²) in [7, 11) is 1.93. The topological polar surface area (TPSA) is 29.9 Å². The molecule has 0 saturated carbocycles. The van der Waals surface area contributed by atoms with E-state index in [0.717, 1.165) is 30.0 Å². The Labute approximate surface area is 129 Å². The third-order valence-electron chi connectivity index (χ3n) is 3.26. The van der Waals surface area contributed by atoms with Gasteiger partial charge >= 0.3 is 0 Å². The summed E-state index contributed by atoms with van der Waals surface area (Å²) in [4.78, 5) is 0. The van der Waals surface area contributed by atoms with Crippen LogP contribution in [0.1, 0.15) is 30.5 Å². The molecule has 0 amide bonds. The Kier molecular flexibility index (Phi) is 5.46. The summed E-state index contributed by atoms with van der Waals surface area (Å²) in [5, 5.41) is 9.14. The van der Waals surface area contributed by atoms with E-state index in [1.165, 1.54) is 5.56 Å². The largest absolute Gasteiger partial charge is 0.310 e. The van der Waals surface area contributed by atoms with Gasteiger partial charge in [0.2, 0.25) is 0 Å². The van der Waals surface area contributed by atoms with E-state index in [1.54, 1.807) is 0 Å². The van der Waals surface area contributed by atoms with Crippen LogP contribution in [0.5, 0.6) is 0 Å². The molecule has 0 aliphatic rings. The van der Waals surface area contributed by atoms with Crippen molar-refractivity contribution in [1.82, 2.24) is 15.1 Å². The Balaban J connectivity index is 2.11. The molecule has 3 nitrogen and oxygen atoms in total. The molecule has 1 aromatic carbocycles. The van der Waals surface area contributed by atoms with Gasteiger partial charge in [-0.15, -0.1) is 0 Å². The summed E-state index contributed by atoms with van der Waals surface area (Å²) in [6.07, 6.45) is 5.86. The Hall–Kier alpha value is -1.03. The lowest BCUT2D eigenvalue weighted by Crippen LogP contribution is -2.21. The van der Waals surface area contributed by atoms with E-state index in [1.807, 2.05) is 42.3 Å². The molecule has 0 saturated heterocycles. The highest BCUT2D eigenvalue weighted by atomic mass is 35.5. The number of hydrogen-bond acceptors (Lipinski definition) is 2. The van der Waals surface area contributed by atoms with Gasteiger partial charge < -0.3 is 5.32 Å². The van der Waals surface area contributed by atoms with E-state index in [4.69, 9.17) is 23.2 Å². The maximum absolute atomic E-state index is 6.30. The van der Waals surface area contributed by atoms with Crippen molar-refractivity contribution in [3.63, 3.8) is 0 Å². The molecule has 108 valence electrons. The number of benzene rings is 1. The van der Waals surface area contributed by atoms with E-state index < -0.39 is 0 Å². The van der Waals surface area contributed by atoms with Crippen molar-refractivity contribution >= 4 is 23.2 Å². The van der Waals surface area contributed by atoms with E-state index in [0.29, 0.717) is 5.02 Å². The lowest BCUT2D eigenvalue weighted by atomic mass is 10.00. The SMILES string of the molecule is CCNC(CCc1cnn(C)c1)c1cc(Cl)ccc1Cl. The zero-order valence-electron chi connectivity index (χ0n) is 11.7. The summed E-state index contributed by atoms with van der Waals surface area (Å²) in [6, 6.07) is 5.82. The average Bonchev–Trinajstić information content (AvgIpc) is 2.83. The van der Waals surface area contributed by atoms with Crippen LogP contribution in [-0.4, -0.2) is 16.3 Å². The molecule has 5 heteroatoms. The molecule has 0 bridgehead atoms. The molecule has 0 radical (unpaired) electrons. The predicted octanol–water partition coefficient (Wildman–Crippen LogP) is 4.01. The van der Waals surface area contributed by atoms with Gasteiger partial charge in [0.25, 0.3) is 0 Å². The second kappa shape index (κ2) is 7.11. The molecule has 20 heavy (non-hydrogen) atoms. The Bertz CT molecular complexity index is 566. The molecule has 0 aliphatic heterocycles. The Morgan fingerprint density at radius 3 is 2.80 bits per heavy atom. The average molecular weight is 312 g/mol. The van der Waals surface area contributed by atoms with Crippen LogP contribution in [0.15, 0.2) is 30.6 Å². The maximum Gasteiger partial charge on any atom is 0.0521 e. The number of halogens is 2. The highest BCUT2D eigenvalue weighted by Crippen LogP contribution is 2.29. The van der Waals surface area contributed by atoms with Gasteiger partial charge in [-0.1, -0.05) is 30.1 Å². The number of aromatic nitrogens is 2. The van der Waals surface area contributed by atoms with Crippen molar-refractivity contribution in [2.24, 2.45) is 7.05 Å². The van der Waals surface area contributed by atoms with Gasteiger partial charge in [-0.2, -0.15) is 5.10 Å². The van der Waals surface area contributed by atoms with E-state index >= 15 is 0 Å². The number of nitrogens with zero attached hydrogens (tertiary/aromatic N) is 2. The minimum Gasteiger partial charge on any atom is -0.310 e. The maximum atomic E-state index is 6.30. The third-order valence-corrected chi connectivity index (χ3v) is 3.84. The van der Waals surface area contributed by atoms with Crippen molar-refractivity contribution in [3.8, 4) is 0 Å². The number of hydrogen-bond donors (Lipinski definition) is 1. The summed E-state index contributed by atoms with van der Waals surface area (Å²) in [5.74, 6) is 0. The molecular formula is C15H19Cl2N3. The van der Waals surface area contributed by atoms with Gasteiger partial charge in [-0.3, -0.25) is 4.68 Å². The first kappa shape index (κ1) is 15.4. The molecular weight excluding hydrogens is 293 g/mol. The normalized spacial score (nSPS) is 12.6. The molecule has 0 fully saturated rings. The highest BCUT2D eigenvalue weighted by Gasteiger charge is 2.14. The molecule has 0 aliphatic carbocycles. The van der Waals surface area contributed by atoms with Crippen molar-refractivity contribution in [2.45, 2.75) is 25.8 Å². The molecule has 1 heterocycles. The molecule has 2 aromatic rings. The molecule has 1 unspecified atom stereocenters. The zero-order chi connectivity index (χ0) is 14.5. The van der Waals surface area contributed by atoms with Crippen LogP contribution >= 0.6 is 23.2 Å². The molecule has 1 aromatic heterocycles. The minimum absolute atomic E-state index is 0.200. The number of aryl methyl sites for hydroxylation is 2. The van der Waals surface area contributed by atoms with E-state index in [-0.39, 0.29) is 6.04 Å². The fourth-order valence-electron chi connectivity index (χ4n) is 2.31. The first-order valence-corrected chi connectivity index (χ1v) is 7.51. The standard InChI is InChI=1S/C15H19Cl2N3/c1-3-18-15(7-4-11-9-19-20(2)10-11)13-8-12(16)5-6-14(13)17/h5-6,8-10,15,18H,3-4,7H2,1-2H3. The summed E-state index contributed by atoms with van der Waals surface area (Å²) in [6.45, 7) is 2.98. The molecule has 1 N–H and O–H groups in total. The number of rotatable bonds is 6. The number of nitrogens with one attached hydrogen (secondary N) is 1. The fraction of sp³-hybridized carbons (Fsp3) is 0.400.